The van der Waals surface area contributed by atoms with Crippen LogP contribution in [-0.4, -0.2) is 48.6 Å². The molecule has 0 unspecified atom stereocenters. The van der Waals surface area contributed by atoms with E-state index in [1.807, 2.05) is 0 Å². The summed E-state index contributed by atoms with van der Waals surface area (Å²) < 4.78 is 0. The van der Waals surface area contributed by atoms with Gasteiger partial charge >= 0.3 is 0 Å². The van der Waals surface area contributed by atoms with Crippen LogP contribution in [0.4, 0.5) is 0 Å². The number of hydrogen-bond acceptors (Lipinski definition) is 2. The Morgan fingerprint density at radius 3 is 1.83 bits per heavy atom. The molecule has 2 heteroatoms. The van der Waals surface area contributed by atoms with Gasteiger partial charge in [0.2, 0.25) is 0 Å². The molecule has 0 saturated carbocycles. The standard InChI is InChI=1S/C16H34N2/c1-5-7-16(8-6-2)9-10-17-11-13-18(14-12-17)15(3)4/h15-16H,5-14H2,1-4H3. The molecule has 0 spiro atoms. The topological polar surface area (TPSA) is 6.48 Å². The highest BCUT2D eigenvalue weighted by Crippen LogP contribution is 2.18. The molecule has 2 nitrogen and oxygen atoms in total. The third-order valence-corrected chi connectivity index (χ3v) is 4.38. The van der Waals surface area contributed by atoms with Crippen LogP contribution in [0.1, 0.15) is 59.8 Å². The molecule has 0 aromatic carbocycles. The zero-order chi connectivity index (χ0) is 13.4. The van der Waals surface area contributed by atoms with E-state index in [1.165, 1.54) is 64.8 Å². The Bertz CT molecular complexity index is 189. The highest BCUT2D eigenvalue weighted by molar-refractivity contribution is 4.75. The van der Waals surface area contributed by atoms with Crippen molar-refractivity contribution in [2.45, 2.75) is 65.8 Å². The zero-order valence-electron chi connectivity index (χ0n) is 13.1. The van der Waals surface area contributed by atoms with Crippen LogP contribution in [-0.2, 0) is 0 Å². The minimum Gasteiger partial charge on any atom is -0.301 e. The van der Waals surface area contributed by atoms with Crippen LogP contribution < -0.4 is 0 Å². The predicted molar refractivity (Wildman–Crippen MR) is 81.1 cm³/mol. The molecule has 0 bridgehead atoms. The second-order valence-electron chi connectivity index (χ2n) is 6.20. The zero-order valence-corrected chi connectivity index (χ0v) is 13.1. The van der Waals surface area contributed by atoms with Crippen molar-refractivity contribution in [1.82, 2.24) is 9.80 Å². The van der Waals surface area contributed by atoms with Crippen LogP contribution in [0.5, 0.6) is 0 Å². The van der Waals surface area contributed by atoms with Crippen molar-refractivity contribution in [3.8, 4) is 0 Å². The van der Waals surface area contributed by atoms with E-state index >= 15 is 0 Å². The maximum absolute atomic E-state index is 2.68. The van der Waals surface area contributed by atoms with Crippen LogP contribution in [0.25, 0.3) is 0 Å². The van der Waals surface area contributed by atoms with Crippen LogP contribution in [0.15, 0.2) is 0 Å². The van der Waals surface area contributed by atoms with Gasteiger partial charge in [-0.05, 0) is 32.7 Å². The minimum atomic E-state index is 0.722. The summed E-state index contributed by atoms with van der Waals surface area (Å²) in [6.45, 7) is 15.7. The molecule has 1 fully saturated rings. The van der Waals surface area contributed by atoms with Crippen molar-refractivity contribution in [2.24, 2.45) is 5.92 Å². The molecule has 1 rings (SSSR count). The quantitative estimate of drug-likeness (QED) is 0.653. The lowest BCUT2D eigenvalue weighted by atomic mass is 9.94. The molecule has 0 N–H and O–H groups in total. The molecule has 0 amide bonds. The molecule has 0 aliphatic carbocycles. The van der Waals surface area contributed by atoms with Gasteiger partial charge in [0, 0.05) is 32.2 Å². The Morgan fingerprint density at radius 2 is 1.39 bits per heavy atom. The van der Waals surface area contributed by atoms with E-state index < -0.39 is 0 Å². The van der Waals surface area contributed by atoms with Gasteiger partial charge in [0.1, 0.15) is 0 Å². The molecule has 1 aliphatic rings. The second kappa shape index (κ2) is 8.92. The van der Waals surface area contributed by atoms with E-state index in [2.05, 4.69) is 37.5 Å². The van der Waals surface area contributed by atoms with Crippen molar-refractivity contribution >= 4 is 0 Å². The van der Waals surface area contributed by atoms with Gasteiger partial charge in [-0.2, -0.15) is 0 Å². The molecule has 1 saturated heterocycles. The Balaban J connectivity index is 2.19. The van der Waals surface area contributed by atoms with Gasteiger partial charge in [0.15, 0.2) is 0 Å². The lowest BCUT2D eigenvalue weighted by Crippen LogP contribution is -2.49. The highest BCUT2D eigenvalue weighted by atomic mass is 15.3. The third kappa shape index (κ3) is 5.71. The first-order valence-corrected chi connectivity index (χ1v) is 8.13. The number of hydrogen-bond donors (Lipinski definition) is 0. The Hall–Kier alpha value is -0.0800. The summed E-state index contributed by atoms with van der Waals surface area (Å²) in [7, 11) is 0. The monoisotopic (exact) mass is 254 g/mol. The summed E-state index contributed by atoms with van der Waals surface area (Å²) in [6, 6.07) is 0.722. The lowest BCUT2D eigenvalue weighted by Gasteiger charge is -2.37. The molecule has 108 valence electrons. The fourth-order valence-electron chi connectivity index (χ4n) is 3.12. The lowest BCUT2D eigenvalue weighted by molar-refractivity contribution is 0.103. The normalized spacial score (nSPS) is 19.0. The third-order valence-electron chi connectivity index (χ3n) is 4.38. The van der Waals surface area contributed by atoms with E-state index in [-0.39, 0.29) is 0 Å². The Kier molecular flexibility index (Phi) is 7.92. The van der Waals surface area contributed by atoms with Crippen LogP contribution in [0, 0.1) is 5.92 Å². The average molecular weight is 254 g/mol. The maximum atomic E-state index is 2.68. The Morgan fingerprint density at radius 1 is 0.833 bits per heavy atom. The van der Waals surface area contributed by atoms with Gasteiger partial charge in [0.05, 0.1) is 0 Å². The number of nitrogens with zero attached hydrogens (tertiary/aromatic N) is 2. The molecular formula is C16H34N2. The number of rotatable bonds is 8. The summed E-state index contributed by atoms with van der Waals surface area (Å²) in [6.07, 6.45) is 6.99. The van der Waals surface area contributed by atoms with Gasteiger partial charge in [-0.1, -0.05) is 39.5 Å². The van der Waals surface area contributed by atoms with Gasteiger partial charge in [-0.3, -0.25) is 4.90 Å². The van der Waals surface area contributed by atoms with Crippen LogP contribution in [0.2, 0.25) is 0 Å². The molecule has 1 heterocycles. The van der Waals surface area contributed by atoms with Crippen LogP contribution >= 0.6 is 0 Å². The van der Waals surface area contributed by atoms with E-state index in [9.17, 15) is 0 Å². The summed E-state index contributed by atoms with van der Waals surface area (Å²) >= 11 is 0. The molecule has 1 aliphatic heterocycles. The van der Waals surface area contributed by atoms with E-state index in [1.54, 1.807) is 0 Å². The molecular weight excluding hydrogens is 220 g/mol. The van der Waals surface area contributed by atoms with Crippen molar-refractivity contribution in [2.75, 3.05) is 32.7 Å². The predicted octanol–water partition coefficient (Wildman–Crippen LogP) is 3.62. The van der Waals surface area contributed by atoms with E-state index in [0.717, 1.165) is 12.0 Å². The first kappa shape index (κ1) is 16.0. The van der Waals surface area contributed by atoms with Gasteiger partial charge in [-0.25, -0.2) is 0 Å². The van der Waals surface area contributed by atoms with Crippen molar-refractivity contribution in [1.29, 1.82) is 0 Å². The van der Waals surface area contributed by atoms with Gasteiger partial charge in [-0.15, -0.1) is 0 Å². The van der Waals surface area contributed by atoms with E-state index in [0.29, 0.717) is 0 Å². The molecule has 0 aromatic heterocycles. The Labute approximate surface area is 115 Å². The number of piperazine rings is 1. The minimum absolute atomic E-state index is 0.722. The van der Waals surface area contributed by atoms with Crippen molar-refractivity contribution < 1.29 is 0 Å². The first-order chi connectivity index (χ1) is 8.67. The highest BCUT2D eigenvalue weighted by Gasteiger charge is 2.19. The second-order valence-corrected chi connectivity index (χ2v) is 6.20. The summed E-state index contributed by atoms with van der Waals surface area (Å²) in [5.74, 6) is 0.975. The largest absolute Gasteiger partial charge is 0.301 e. The molecule has 0 aromatic rings. The van der Waals surface area contributed by atoms with Gasteiger partial charge < -0.3 is 4.90 Å². The summed E-state index contributed by atoms with van der Waals surface area (Å²) in [5, 5.41) is 0. The average Bonchev–Trinajstić information content (AvgIpc) is 2.37. The smallest absolute Gasteiger partial charge is 0.0113 e. The summed E-state index contributed by atoms with van der Waals surface area (Å²) in [4.78, 5) is 5.28. The fraction of sp³-hybridized carbons (Fsp3) is 1.00. The summed E-state index contributed by atoms with van der Waals surface area (Å²) in [5.41, 5.74) is 0. The maximum Gasteiger partial charge on any atom is 0.0113 e. The molecule has 0 radical (unpaired) electrons. The first-order valence-electron chi connectivity index (χ1n) is 8.13. The van der Waals surface area contributed by atoms with Gasteiger partial charge in [0.25, 0.3) is 0 Å². The molecule has 0 atom stereocenters. The van der Waals surface area contributed by atoms with Crippen molar-refractivity contribution in [3.05, 3.63) is 0 Å². The van der Waals surface area contributed by atoms with Crippen molar-refractivity contribution in [3.63, 3.8) is 0 Å². The molecule has 18 heavy (non-hydrogen) atoms. The fourth-order valence-corrected chi connectivity index (χ4v) is 3.12. The van der Waals surface area contributed by atoms with E-state index in [4.69, 9.17) is 0 Å². The van der Waals surface area contributed by atoms with Crippen LogP contribution in [0.3, 0.4) is 0 Å². The SMILES string of the molecule is CCCC(CCC)CCN1CCN(C(C)C)CC1.